The van der Waals surface area contributed by atoms with E-state index in [1.165, 1.54) is 40.3 Å². The Hall–Kier alpha value is -4.61. The van der Waals surface area contributed by atoms with Crippen molar-refractivity contribution >= 4 is 34.8 Å². The van der Waals surface area contributed by atoms with E-state index in [1.54, 1.807) is 0 Å². The molecule has 0 N–H and O–H groups in total. The molecule has 2 aromatic heterocycles. The highest BCUT2D eigenvalue weighted by Crippen LogP contribution is 2.40. The number of hydrogen-bond donors (Lipinski definition) is 0. The number of ether oxygens (including phenoxy) is 2. The molecule has 214 valence electrons. The van der Waals surface area contributed by atoms with Crippen LogP contribution in [0.2, 0.25) is 5.02 Å². The molecular weight excluding hydrogens is 576 g/mol. The zero-order chi connectivity index (χ0) is 29.6. The summed E-state index contributed by atoms with van der Waals surface area (Å²) in [4.78, 5) is 44.3. The number of aromatic nitrogens is 5. The predicted molar refractivity (Wildman–Crippen MR) is 138 cm³/mol. The van der Waals surface area contributed by atoms with Crippen molar-refractivity contribution in [3.05, 3.63) is 70.3 Å². The number of hydrogen-bond acceptors (Lipinski definition) is 10. The van der Waals surface area contributed by atoms with E-state index < -0.39 is 53.4 Å². The van der Waals surface area contributed by atoms with Gasteiger partial charge >= 0.3 is 5.97 Å². The third-order valence-electron chi connectivity index (χ3n) is 7.67. The minimum Gasteiger partial charge on any atom is -0.456 e. The van der Waals surface area contributed by atoms with Crippen LogP contribution in [0, 0.1) is 23.0 Å². The van der Waals surface area contributed by atoms with Crippen LogP contribution in [0.1, 0.15) is 40.9 Å². The lowest BCUT2D eigenvalue weighted by Gasteiger charge is -2.34. The molecule has 3 aliphatic rings. The van der Waals surface area contributed by atoms with Crippen molar-refractivity contribution < 1.29 is 32.6 Å². The molecule has 0 saturated carbocycles. The molecule has 5 heterocycles. The fraction of sp³-hybridized carbons (Fsp3) is 0.333. The van der Waals surface area contributed by atoms with Crippen molar-refractivity contribution in [2.45, 2.75) is 36.8 Å². The van der Waals surface area contributed by atoms with E-state index in [2.05, 4.69) is 20.5 Å². The molecule has 1 amide bonds. The Morgan fingerprint density at radius 1 is 1.21 bits per heavy atom. The average molecular weight is 596 g/mol. The van der Waals surface area contributed by atoms with Gasteiger partial charge in [-0.15, -0.1) is 5.10 Å². The Bertz CT molecular complexity index is 1690. The number of Topliss-reactive ketones (excluding diaryl/α,β-unsaturated/α-hetero) is 1. The maximum atomic E-state index is 15.3. The molecule has 1 unspecified atom stereocenters. The fourth-order valence-electron chi connectivity index (χ4n) is 5.53. The lowest BCUT2D eigenvalue weighted by Crippen LogP contribution is -2.47. The highest BCUT2D eigenvalue weighted by molar-refractivity contribution is 6.31. The zero-order valence-corrected chi connectivity index (χ0v) is 22.4. The number of amides is 1. The van der Waals surface area contributed by atoms with Crippen LogP contribution in [0.3, 0.4) is 0 Å². The van der Waals surface area contributed by atoms with Crippen LogP contribution in [0.4, 0.5) is 8.78 Å². The molecule has 0 radical (unpaired) electrons. The molecule has 0 aliphatic carbocycles. The number of pyridine rings is 1. The summed E-state index contributed by atoms with van der Waals surface area (Å²) in [6.45, 7) is -0.875. The molecule has 12 nitrogen and oxygen atoms in total. The van der Waals surface area contributed by atoms with E-state index in [0.717, 1.165) is 6.07 Å². The molecular formula is C27H20ClF2N7O5. The van der Waals surface area contributed by atoms with E-state index in [9.17, 15) is 19.6 Å². The number of nitriles is 1. The summed E-state index contributed by atoms with van der Waals surface area (Å²) >= 11 is 6.05. The maximum Gasteiger partial charge on any atom is 0.329 e. The van der Waals surface area contributed by atoms with Gasteiger partial charge < -0.3 is 14.4 Å². The van der Waals surface area contributed by atoms with Gasteiger partial charge in [0, 0.05) is 23.9 Å². The van der Waals surface area contributed by atoms with Gasteiger partial charge in [-0.2, -0.15) is 9.94 Å². The van der Waals surface area contributed by atoms with Gasteiger partial charge in [0.15, 0.2) is 18.2 Å². The van der Waals surface area contributed by atoms with E-state index >= 15 is 8.78 Å². The molecule has 0 bridgehead atoms. The van der Waals surface area contributed by atoms with Crippen molar-refractivity contribution in [1.29, 1.82) is 5.26 Å². The number of carbonyl (C=O) groups is 3. The molecule has 15 heteroatoms. The summed E-state index contributed by atoms with van der Waals surface area (Å²) in [5.74, 6) is -3.89. The van der Waals surface area contributed by atoms with E-state index in [1.807, 2.05) is 6.07 Å². The van der Waals surface area contributed by atoms with Gasteiger partial charge in [0.25, 0.3) is 0 Å². The van der Waals surface area contributed by atoms with Crippen molar-refractivity contribution in [3.63, 3.8) is 0 Å². The highest BCUT2D eigenvalue weighted by Gasteiger charge is 2.46. The third kappa shape index (κ3) is 4.50. The fourth-order valence-corrected chi connectivity index (χ4v) is 5.69. The van der Waals surface area contributed by atoms with Crippen molar-refractivity contribution in [2.24, 2.45) is 0 Å². The van der Waals surface area contributed by atoms with Crippen LogP contribution in [0.25, 0.3) is 11.3 Å². The van der Waals surface area contributed by atoms with Gasteiger partial charge in [-0.1, -0.05) is 11.6 Å². The second-order valence-corrected chi connectivity index (χ2v) is 10.5. The average Bonchev–Trinajstić information content (AvgIpc) is 3.64. The molecule has 3 aliphatic heterocycles. The second kappa shape index (κ2) is 10.7. The molecule has 2 saturated heterocycles. The second-order valence-electron chi connectivity index (χ2n) is 10.1. The van der Waals surface area contributed by atoms with Crippen LogP contribution in [0.15, 0.2) is 36.8 Å². The Kier molecular flexibility index (Phi) is 6.99. The van der Waals surface area contributed by atoms with Crippen LogP contribution in [-0.4, -0.2) is 79.7 Å². The normalized spacial score (nSPS) is 20.8. The lowest BCUT2D eigenvalue weighted by atomic mass is 9.82. The van der Waals surface area contributed by atoms with Crippen molar-refractivity contribution in [2.75, 3.05) is 19.8 Å². The van der Waals surface area contributed by atoms with E-state index in [0.29, 0.717) is 17.7 Å². The topological polar surface area (TPSA) is 153 Å². The number of esters is 1. The number of tetrazole rings is 1. The van der Waals surface area contributed by atoms with Crippen molar-refractivity contribution in [1.82, 2.24) is 30.1 Å². The third-order valence-corrected chi connectivity index (χ3v) is 7.96. The number of nitrogens with zero attached hydrogens (tertiary/aromatic N) is 7. The summed E-state index contributed by atoms with van der Waals surface area (Å²) < 4.78 is 41.9. The molecule has 0 spiro atoms. The number of ketones is 1. The Morgan fingerprint density at radius 2 is 2.02 bits per heavy atom. The van der Waals surface area contributed by atoms with Gasteiger partial charge in [-0.3, -0.25) is 14.6 Å². The van der Waals surface area contributed by atoms with Gasteiger partial charge in [-0.05, 0) is 53.5 Å². The molecule has 6 rings (SSSR count). The van der Waals surface area contributed by atoms with Gasteiger partial charge in [-0.25, -0.2) is 13.6 Å². The first-order valence-electron chi connectivity index (χ1n) is 12.8. The quantitative estimate of drug-likeness (QED) is 0.294. The zero-order valence-electron chi connectivity index (χ0n) is 21.7. The van der Waals surface area contributed by atoms with Gasteiger partial charge in [0.2, 0.25) is 11.7 Å². The summed E-state index contributed by atoms with van der Waals surface area (Å²) in [6.07, 6.45) is 4.61. The monoisotopic (exact) mass is 595 g/mol. The van der Waals surface area contributed by atoms with E-state index in [4.69, 9.17) is 21.1 Å². The predicted octanol–water partition coefficient (Wildman–Crippen LogP) is 2.35. The van der Waals surface area contributed by atoms with Crippen molar-refractivity contribution in [3.8, 4) is 11.8 Å². The van der Waals surface area contributed by atoms with E-state index in [-0.39, 0.29) is 47.9 Å². The number of rotatable bonds is 7. The van der Waals surface area contributed by atoms with Crippen LogP contribution in [0.5, 0.6) is 0 Å². The summed E-state index contributed by atoms with van der Waals surface area (Å²) in [5.41, 5.74) is -1.12. The largest absolute Gasteiger partial charge is 0.456 e. The molecule has 3 aromatic rings. The molecule has 42 heavy (non-hydrogen) atoms. The minimum absolute atomic E-state index is 0.0498. The summed E-state index contributed by atoms with van der Waals surface area (Å²) in [7, 11) is 0. The number of benzene rings is 1. The Labute approximate surface area is 241 Å². The smallest absolute Gasteiger partial charge is 0.329 e. The van der Waals surface area contributed by atoms with Crippen LogP contribution < -0.4 is 0 Å². The van der Waals surface area contributed by atoms with Gasteiger partial charge in [0.05, 0.1) is 35.6 Å². The number of fused-ring (bicyclic) bond motifs is 1. The van der Waals surface area contributed by atoms with Crippen LogP contribution >= 0.6 is 11.6 Å². The number of halogens is 3. The first-order chi connectivity index (χ1) is 20.2. The Balaban J connectivity index is 1.18. The molecule has 1 aromatic carbocycles. The number of carbonyl (C=O) groups excluding carboxylic acids is 3. The summed E-state index contributed by atoms with van der Waals surface area (Å²) in [5, 5.41) is 20.3. The summed E-state index contributed by atoms with van der Waals surface area (Å²) in [6, 6.07) is 4.59. The first-order valence-corrected chi connectivity index (χ1v) is 13.2. The Morgan fingerprint density at radius 3 is 2.71 bits per heavy atom. The SMILES string of the molecule is N#CC1(c2nccc(C(=O)COC(=O)[C@@H]3CCC4CC(c5c(-n6cnnn6)ccc(Cl)c5F)=CC(=O)N43)c2F)COC1. The first kappa shape index (κ1) is 27.6. The molecule has 2 fully saturated rings. The standard InChI is InChI=1S/C27H20ClF2N7O5/c28-17-2-4-18(36-13-33-34-35-36)22(24(17)30)14-7-15-1-3-19(37(15)21(39)8-14)26(40)42-9-20(38)16-5-6-32-25(23(16)29)27(10-31)11-41-12-27/h2,4-6,8,13,15,19H,1,3,7,9,11-12H2/t15?,19-/m0/s1. The maximum absolute atomic E-state index is 15.3. The van der Waals surface area contributed by atoms with Gasteiger partial charge in [0.1, 0.15) is 23.5 Å². The molecule has 2 atom stereocenters. The lowest BCUT2D eigenvalue weighted by molar-refractivity contribution is -0.152. The minimum atomic E-state index is -1.28. The highest BCUT2D eigenvalue weighted by atomic mass is 35.5. The van der Waals surface area contributed by atoms with Crippen LogP contribution in [-0.2, 0) is 24.5 Å².